The van der Waals surface area contributed by atoms with Crippen LogP contribution in [0.25, 0.3) is 10.9 Å². The number of carbonyl (C=O) groups excluding carboxylic acids is 1. The van der Waals surface area contributed by atoms with Crippen LogP contribution >= 0.6 is 11.3 Å². The monoisotopic (exact) mass is 438 g/mol. The number of hydrogen-bond donors (Lipinski definition) is 1. The number of fused-ring (bicyclic) bond motifs is 1. The van der Waals surface area contributed by atoms with Crippen LogP contribution in [0.3, 0.4) is 0 Å². The SMILES string of the molecule is CC(F)(F)Oc1ccc(CC(=O)c2sccc2NCc2ccnc3ccccc23)cc1. The van der Waals surface area contributed by atoms with Crippen molar-refractivity contribution in [2.24, 2.45) is 0 Å². The van der Waals surface area contributed by atoms with Crippen LogP contribution in [-0.4, -0.2) is 16.9 Å². The zero-order valence-corrected chi connectivity index (χ0v) is 17.6. The maximum Gasteiger partial charge on any atom is 0.394 e. The number of hydrogen-bond acceptors (Lipinski definition) is 5. The summed E-state index contributed by atoms with van der Waals surface area (Å²) >= 11 is 1.38. The van der Waals surface area contributed by atoms with Gasteiger partial charge in [-0.1, -0.05) is 30.3 Å². The van der Waals surface area contributed by atoms with E-state index in [1.807, 2.05) is 41.8 Å². The molecule has 2 aromatic carbocycles. The molecule has 2 aromatic heterocycles. The standard InChI is InChI=1S/C24H20F2N2O2S/c1-24(25,26)30-18-8-6-16(7-9-18)14-22(29)23-21(11-13-31-23)28-15-17-10-12-27-20-5-3-2-4-19(17)20/h2-13,28H,14-15H2,1H3. The topological polar surface area (TPSA) is 51.2 Å². The zero-order chi connectivity index (χ0) is 21.8. The molecule has 1 N–H and O–H groups in total. The highest BCUT2D eigenvalue weighted by Crippen LogP contribution is 2.27. The minimum Gasteiger partial charge on any atom is -0.433 e. The Morgan fingerprint density at radius 2 is 1.87 bits per heavy atom. The number of rotatable bonds is 8. The molecule has 0 aliphatic rings. The number of nitrogens with one attached hydrogen (secondary N) is 1. The van der Waals surface area contributed by atoms with Crippen LogP contribution < -0.4 is 10.1 Å². The molecule has 4 nitrogen and oxygen atoms in total. The first kappa shape index (κ1) is 20.9. The Balaban J connectivity index is 1.43. The Morgan fingerprint density at radius 1 is 1.10 bits per heavy atom. The summed E-state index contributed by atoms with van der Waals surface area (Å²) in [6.45, 7) is 1.25. The number of carbonyl (C=O) groups is 1. The second-order valence-corrected chi connectivity index (χ2v) is 8.07. The van der Waals surface area contributed by atoms with Gasteiger partial charge in [0.25, 0.3) is 0 Å². The summed E-state index contributed by atoms with van der Waals surface area (Å²) in [7, 11) is 0. The molecular formula is C24H20F2N2O2S. The van der Waals surface area contributed by atoms with Crippen molar-refractivity contribution in [1.29, 1.82) is 0 Å². The smallest absolute Gasteiger partial charge is 0.394 e. The summed E-state index contributed by atoms with van der Waals surface area (Å²) in [4.78, 5) is 17.9. The van der Waals surface area contributed by atoms with Crippen LogP contribution in [0.2, 0.25) is 0 Å². The molecule has 4 rings (SSSR count). The lowest BCUT2D eigenvalue weighted by molar-refractivity contribution is -0.158. The number of pyridine rings is 1. The van der Waals surface area contributed by atoms with E-state index in [2.05, 4.69) is 15.0 Å². The van der Waals surface area contributed by atoms with Crippen molar-refractivity contribution in [3.05, 3.63) is 88.2 Å². The van der Waals surface area contributed by atoms with Gasteiger partial charge in [0.05, 0.1) is 16.1 Å². The summed E-state index contributed by atoms with van der Waals surface area (Å²) in [5.41, 5.74) is 3.54. The van der Waals surface area contributed by atoms with Crippen molar-refractivity contribution in [3.63, 3.8) is 0 Å². The number of Topliss-reactive ketones (excluding diaryl/α,β-unsaturated/α-hetero) is 1. The molecule has 31 heavy (non-hydrogen) atoms. The lowest BCUT2D eigenvalue weighted by Gasteiger charge is -2.13. The molecule has 158 valence electrons. The van der Waals surface area contributed by atoms with Crippen molar-refractivity contribution in [3.8, 4) is 5.75 Å². The molecule has 0 amide bonds. The van der Waals surface area contributed by atoms with Gasteiger partial charge in [-0.25, -0.2) is 0 Å². The molecule has 0 fully saturated rings. The number of anilines is 1. The molecule has 4 aromatic rings. The van der Waals surface area contributed by atoms with Gasteiger partial charge in [-0.15, -0.1) is 11.3 Å². The number of nitrogens with zero attached hydrogens (tertiary/aromatic N) is 1. The fraction of sp³-hybridized carbons (Fsp3) is 0.167. The van der Waals surface area contributed by atoms with Crippen molar-refractivity contribution in [2.75, 3.05) is 5.32 Å². The van der Waals surface area contributed by atoms with Crippen molar-refractivity contribution < 1.29 is 18.3 Å². The first-order chi connectivity index (χ1) is 14.9. The van der Waals surface area contributed by atoms with Gasteiger partial charge >= 0.3 is 6.11 Å². The highest BCUT2D eigenvalue weighted by Gasteiger charge is 2.23. The van der Waals surface area contributed by atoms with Crippen LogP contribution in [0.15, 0.2) is 72.2 Å². The molecule has 0 spiro atoms. The lowest BCUT2D eigenvalue weighted by Crippen LogP contribution is -2.19. The van der Waals surface area contributed by atoms with Crippen LogP contribution in [-0.2, 0) is 13.0 Å². The minimum absolute atomic E-state index is 0.0356. The summed E-state index contributed by atoms with van der Waals surface area (Å²) in [5, 5.41) is 6.31. The van der Waals surface area contributed by atoms with Gasteiger partial charge in [0.2, 0.25) is 0 Å². The van der Waals surface area contributed by atoms with Gasteiger partial charge in [0, 0.05) is 31.5 Å². The summed E-state index contributed by atoms with van der Waals surface area (Å²) in [6, 6.07) is 17.9. The van der Waals surface area contributed by atoms with E-state index in [0.717, 1.165) is 27.7 Å². The van der Waals surface area contributed by atoms with Crippen molar-refractivity contribution >= 4 is 33.7 Å². The third-order valence-electron chi connectivity index (χ3n) is 4.71. The van der Waals surface area contributed by atoms with Gasteiger partial charge in [0.1, 0.15) is 5.75 Å². The van der Waals surface area contributed by atoms with E-state index in [9.17, 15) is 13.6 Å². The van der Waals surface area contributed by atoms with Gasteiger partial charge in [-0.05, 0) is 46.8 Å². The third-order valence-corrected chi connectivity index (χ3v) is 5.67. The molecule has 0 unspecified atom stereocenters. The highest BCUT2D eigenvalue weighted by atomic mass is 32.1. The van der Waals surface area contributed by atoms with Gasteiger partial charge in [-0.3, -0.25) is 9.78 Å². The van der Waals surface area contributed by atoms with E-state index in [0.29, 0.717) is 18.3 Å². The summed E-state index contributed by atoms with van der Waals surface area (Å²) in [5.74, 6) is 0.0262. The highest BCUT2D eigenvalue weighted by molar-refractivity contribution is 7.12. The first-order valence-corrected chi connectivity index (χ1v) is 10.6. The molecule has 2 heterocycles. The largest absolute Gasteiger partial charge is 0.433 e. The average molecular weight is 438 g/mol. The van der Waals surface area contributed by atoms with E-state index in [1.165, 1.54) is 23.5 Å². The van der Waals surface area contributed by atoms with Gasteiger partial charge in [-0.2, -0.15) is 8.78 Å². The zero-order valence-electron chi connectivity index (χ0n) is 16.8. The maximum absolute atomic E-state index is 12.9. The number of para-hydroxylation sites is 1. The first-order valence-electron chi connectivity index (χ1n) is 9.72. The lowest BCUT2D eigenvalue weighted by atomic mass is 10.1. The Hall–Kier alpha value is -3.32. The number of alkyl halides is 2. The van der Waals surface area contributed by atoms with Crippen LogP contribution in [0, 0.1) is 0 Å². The van der Waals surface area contributed by atoms with E-state index in [4.69, 9.17) is 0 Å². The van der Waals surface area contributed by atoms with E-state index >= 15 is 0 Å². The fourth-order valence-electron chi connectivity index (χ4n) is 3.31. The molecule has 0 radical (unpaired) electrons. The number of thiophene rings is 1. The van der Waals surface area contributed by atoms with Crippen molar-refractivity contribution in [1.82, 2.24) is 4.98 Å². The molecular weight excluding hydrogens is 418 g/mol. The van der Waals surface area contributed by atoms with E-state index < -0.39 is 6.11 Å². The number of ether oxygens (including phenoxy) is 1. The quantitative estimate of drug-likeness (QED) is 0.327. The van der Waals surface area contributed by atoms with Crippen LogP contribution in [0.4, 0.5) is 14.5 Å². The Morgan fingerprint density at radius 3 is 2.65 bits per heavy atom. The van der Waals surface area contributed by atoms with Crippen molar-refractivity contribution in [2.45, 2.75) is 26.0 Å². The fourth-order valence-corrected chi connectivity index (χ4v) is 4.12. The molecule has 0 saturated carbocycles. The number of halogens is 2. The molecule has 0 aliphatic heterocycles. The summed E-state index contributed by atoms with van der Waals surface area (Å²) < 4.78 is 30.4. The maximum atomic E-state index is 12.9. The minimum atomic E-state index is -3.24. The predicted molar refractivity (Wildman–Crippen MR) is 119 cm³/mol. The molecule has 7 heteroatoms. The summed E-state index contributed by atoms with van der Waals surface area (Å²) in [6.07, 6.45) is -1.29. The van der Waals surface area contributed by atoms with Crippen LogP contribution in [0.5, 0.6) is 5.75 Å². The van der Waals surface area contributed by atoms with Gasteiger partial charge in [0.15, 0.2) is 5.78 Å². The Bertz CT molecular complexity index is 1190. The average Bonchev–Trinajstić information content (AvgIpc) is 3.21. The second-order valence-electron chi connectivity index (χ2n) is 7.16. The Labute approximate surface area is 182 Å². The normalized spacial score (nSPS) is 11.5. The number of benzene rings is 2. The third kappa shape index (κ3) is 5.24. The molecule has 0 atom stereocenters. The second kappa shape index (κ2) is 8.81. The van der Waals surface area contributed by atoms with Crippen LogP contribution in [0.1, 0.15) is 27.7 Å². The van der Waals surface area contributed by atoms with E-state index in [-0.39, 0.29) is 18.0 Å². The molecule has 0 saturated heterocycles. The number of aromatic nitrogens is 1. The predicted octanol–water partition coefficient (Wildman–Crippen LogP) is 6.33. The Kier molecular flexibility index (Phi) is 5.95. The van der Waals surface area contributed by atoms with E-state index in [1.54, 1.807) is 18.3 Å². The molecule has 0 bridgehead atoms. The number of ketones is 1. The molecule has 0 aliphatic carbocycles. The van der Waals surface area contributed by atoms with Gasteiger partial charge < -0.3 is 10.1 Å².